The van der Waals surface area contributed by atoms with Crippen molar-refractivity contribution in [3.63, 3.8) is 0 Å². The molecule has 1 saturated heterocycles. The molecule has 21 heavy (non-hydrogen) atoms. The minimum Gasteiger partial charge on any atom is -0.339 e. The molecule has 2 nitrogen and oxygen atoms in total. The molecule has 1 atom stereocenters. The molecule has 0 aromatic heterocycles. The van der Waals surface area contributed by atoms with E-state index in [9.17, 15) is 0 Å². The Morgan fingerprint density at radius 1 is 0.952 bits per heavy atom. The molecular weight excluding hydrogens is 328 g/mol. The van der Waals surface area contributed by atoms with Gasteiger partial charge in [-0.25, -0.2) is 0 Å². The standard InChI is InChI=1S/C18H19BrO2/c1-13-3-7-15(8-4-13)18(20-12-17(11-19)21-18)16-9-5-14(2)6-10-16/h3-10,17H,11-12H2,1-2H3/t17-/m1/s1. The van der Waals surface area contributed by atoms with Crippen LogP contribution in [0.5, 0.6) is 0 Å². The zero-order chi connectivity index (χ0) is 14.9. The first-order valence-corrected chi connectivity index (χ1v) is 8.28. The summed E-state index contributed by atoms with van der Waals surface area (Å²) in [5.74, 6) is -0.792. The molecule has 0 bridgehead atoms. The molecule has 0 saturated carbocycles. The molecule has 0 unspecified atom stereocenters. The van der Waals surface area contributed by atoms with E-state index >= 15 is 0 Å². The molecule has 1 heterocycles. The van der Waals surface area contributed by atoms with Gasteiger partial charge in [-0.2, -0.15) is 0 Å². The van der Waals surface area contributed by atoms with Crippen molar-refractivity contribution in [1.82, 2.24) is 0 Å². The summed E-state index contributed by atoms with van der Waals surface area (Å²) in [6.07, 6.45) is 0.0626. The lowest BCUT2D eigenvalue weighted by molar-refractivity contribution is -0.139. The van der Waals surface area contributed by atoms with Crippen molar-refractivity contribution in [1.29, 1.82) is 0 Å². The monoisotopic (exact) mass is 346 g/mol. The Labute approximate surface area is 134 Å². The number of aryl methyl sites for hydroxylation is 2. The van der Waals surface area contributed by atoms with E-state index in [0.717, 1.165) is 16.5 Å². The first-order valence-electron chi connectivity index (χ1n) is 7.16. The number of hydrogen-bond donors (Lipinski definition) is 0. The van der Waals surface area contributed by atoms with Gasteiger partial charge in [-0.15, -0.1) is 0 Å². The van der Waals surface area contributed by atoms with Crippen molar-refractivity contribution in [2.24, 2.45) is 0 Å². The van der Waals surface area contributed by atoms with E-state index in [1.807, 2.05) is 0 Å². The maximum Gasteiger partial charge on any atom is 0.222 e. The Balaban J connectivity index is 2.07. The van der Waals surface area contributed by atoms with E-state index in [2.05, 4.69) is 78.3 Å². The van der Waals surface area contributed by atoms with Crippen LogP contribution in [0.15, 0.2) is 48.5 Å². The maximum absolute atomic E-state index is 6.28. The van der Waals surface area contributed by atoms with Gasteiger partial charge < -0.3 is 9.47 Å². The van der Waals surface area contributed by atoms with Gasteiger partial charge in [-0.3, -0.25) is 0 Å². The van der Waals surface area contributed by atoms with Gasteiger partial charge in [0.1, 0.15) is 0 Å². The fourth-order valence-electron chi connectivity index (χ4n) is 2.60. The number of hydrogen-bond acceptors (Lipinski definition) is 2. The fourth-order valence-corrected chi connectivity index (χ4v) is 2.92. The molecule has 0 spiro atoms. The van der Waals surface area contributed by atoms with Crippen LogP contribution in [-0.4, -0.2) is 18.0 Å². The summed E-state index contributed by atoms with van der Waals surface area (Å²) in [7, 11) is 0. The summed E-state index contributed by atoms with van der Waals surface area (Å²) in [4.78, 5) is 0. The second-order valence-corrected chi connectivity index (χ2v) is 6.20. The third kappa shape index (κ3) is 2.78. The third-order valence-electron chi connectivity index (χ3n) is 3.84. The number of ether oxygens (including phenoxy) is 2. The number of benzene rings is 2. The van der Waals surface area contributed by atoms with Crippen molar-refractivity contribution in [2.75, 3.05) is 11.9 Å². The highest BCUT2D eigenvalue weighted by Crippen LogP contribution is 2.41. The maximum atomic E-state index is 6.28. The first-order chi connectivity index (χ1) is 10.1. The van der Waals surface area contributed by atoms with Crippen molar-refractivity contribution in [2.45, 2.75) is 25.7 Å². The van der Waals surface area contributed by atoms with Crippen molar-refractivity contribution in [3.05, 3.63) is 70.8 Å². The van der Waals surface area contributed by atoms with Crippen molar-refractivity contribution in [3.8, 4) is 0 Å². The van der Waals surface area contributed by atoms with Crippen LogP contribution in [0.2, 0.25) is 0 Å². The SMILES string of the molecule is Cc1ccc(C2(c3ccc(C)cc3)OC[C@@H](CBr)O2)cc1. The van der Waals surface area contributed by atoms with E-state index in [-0.39, 0.29) is 6.10 Å². The number of alkyl halides is 1. The summed E-state index contributed by atoms with van der Waals surface area (Å²) in [5, 5.41) is 0.770. The number of halogens is 1. The average molecular weight is 347 g/mol. The topological polar surface area (TPSA) is 18.5 Å². The van der Waals surface area contributed by atoms with Crippen LogP contribution in [0.25, 0.3) is 0 Å². The molecule has 2 aromatic rings. The molecule has 0 N–H and O–H groups in total. The van der Waals surface area contributed by atoms with E-state index in [1.54, 1.807) is 0 Å². The Morgan fingerprint density at radius 2 is 1.43 bits per heavy atom. The highest BCUT2D eigenvalue weighted by Gasteiger charge is 2.44. The largest absolute Gasteiger partial charge is 0.339 e. The molecule has 2 aromatic carbocycles. The zero-order valence-corrected chi connectivity index (χ0v) is 13.9. The quantitative estimate of drug-likeness (QED) is 0.770. The first kappa shape index (κ1) is 14.8. The van der Waals surface area contributed by atoms with Crippen LogP contribution in [0.4, 0.5) is 0 Å². The van der Waals surface area contributed by atoms with E-state index < -0.39 is 5.79 Å². The van der Waals surface area contributed by atoms with E-state index in [4.69, 9.17) is 9.47 Å². The molecule has 3 heteroatoms. The van der Waals surface area contributed by atoms with Crippen LogP contribution in [0, 0.1) is 13.8 Å². The second kappa shape index (κ2) is 5.91. The van der Waals surface area contributed by atoms with Gasteiger partial charge in [0.05, 0.1) is 12.7 Å². The lowest BCUT2D eigenvalue weighted by Gasteiger charge is -2.29. The van der Waals surface area contributed by atoms with Crippen LogP contribution in [-0.2, 0) is 15.3 Å². The summed E-state index contributed by atoms with van der Waals surface area (Å²) in [6.45, 7) is 4.76. The highest BCUT2D eigenvalue weighted by atomic mass is 79.9. The van der Waals surface area contributed by atoms with Crippen molar-refractivity contribution < 1.29 is 9.47 Å². The van der Waals surface area contributed by atoms with Gasteiger partial charge >= 0.3 is 0 Å². The summed E-state index contributed by atoms with van der Waals surface area (Å²) in [5.41, 5.74) is 4.54. The lowest BCUT2D eigenvalue weighted by atomic mass is 9.95. The van der Waals surface area contributed by atoms with Gasteiger partial charge in [0.25, 0.3) is 0 Å². The Kier molecular flexibility index (Phi) is 4.16. The van der Waals surface area contributed by atoms with Gasteiger partial charge in [0.15, 0.2) is 0 Å². The van der Waals surface area contributed by atoms with Gasteiger partial charge in [0, 0.05) is 16.5 Å². The van der Waals surface area contributed by atoms with Crippen LogP contribution < -0.4 is 0 Å². The van der Waals surface area contributed by atoms with Gasteiger partial charge in [-0.05, 0) is 13.8 Å². The Bertz CT molecular complexity index is 559. The fraction of sp³-hybridized carbons (Fsp3) is 0.333. The molecule has 1 aliphatic rings. The summed E-state index contributed by atoms with van der Waals surface area (Å²) in [6, 6.07) is 16.7. The zero-order valence-electron chi connectivity index (χ0n) is 12.3. The second-order valence-electron chi connectivity index (χ2n) is 5.55. The minimum absolute atomic E-state index is 0.0626. The Hall–Kier alpha value is -1.16. The predicted octanol–water partition coefficient (Wildman–Crippen LogP) is 4.31. The van der Waals surface area contributed by atoms with Gasteiger partial charge in [0.2, 0.25) is 5.79 Å². The van der Waals surface area contributed by atoms with Crippen LogP contribution in [0.3, 0.4) is 0 Å². The molecule has 3 rings (SSSR count). The number of rotatable bonds is 3. The van der Waals surface area contributed by atoms with Crippen molar-refractivity contribution >= 4 is 15.9 Å². The lowest BCUT2D eigenvalue weighted by Crippen LogP contribution is -2.30. The van der Waals surface area contributed by atoms with Crippen LogP contribution >= 0.6 is 15.9 Å². The summed E-state index contributed by atoms with van der Waals surface area (Å²) >= 11 is 3.49. The molecule has 1 aliphatic heterocycles. The molecule has 0 aliphatic carbocycles. The van der Waals surface area contributed by atoms with Crippen LogP contribution in [0.1, 0.15) is 22.3 Å². The third-order valence-corrected chi connectivity index (χ3v) is 4.56. The average Bonchev–Trinajstić information content (AvgIpc) is 2.94. The highest BCUT2D eigenvalue weighted by molar-refractivity contribution is 9.09. The molecule has 0 amide bonds. The molecule has 0 radical (unpaired) electrons. The predicted molar refractivity (Wildman–Crippen MR) is 87.8 cm³/mol. The smallest absolute Gasteiger partial charge is 0.222 e. The summed E-state index contributed by atoms with van der Waals surface area (Å²) < 4.78 is 12.4. The van der Waals surface area contributed by atoms with Gasteiger partial charge in [-0.1, -0.05) is 75.6 Å². The Morgan fingerprint density at radius 3 is 1.81 bits per heavy atom. The molecular formula is C18H19BrO2. The molecule has 1 fully saturated rings. The normalized spacial score (nSPS) is 20.6. The van der Waals surface area contributed by atoms with E-state index in [1.165, 1.54) is 11.1 Å². The van der Waals surface area contributed by atoms with E-state index in [0.29, 0.717) is 6.61 Å². The molecule has 110 valence electrons. The minimum atomic E-state index is -0.792.